The molecule has 0 radical (unpaired) electrons. The lowest BCUT2D eigenvalue weighted by atomic mass is 9.77. The summed E-state index contributed by atoms with van der Waals surface area (Å²) in [6, 6.07) is 1.63. The maximum absolute atomic E-state index is 3.81. The predicted molar refractivity (Wildman–Crippen MR) is 81.4 cm³/mol. The standard InChI is InChI=1S/C17H32N2/c1-17(2)10-6-11-18-16(17)13-19-12-5-9-15(19)14-7-3-4-8-14/h14-16,18H,3-13H2,1-2H3. The molecule has 2 atom stereocenters. The highest BCUT2D eigenvalue weighted by Crippen LogP contribution is 2.37. The van der Waals surface area contributed by atoms with Crippen LogP contribution in [-0.2, 0) is 0 Å². The first-order valence-electron chi connectivity index (χ1n) is 8.64. The summed E-state index contributed by atoms with van der Waals surface area (Å²) >= 11 is 0. The fraction of sp³-hybridized carbons (Fsp3) is 1.00. The van der Waals surface area contributed by atoms with Crippen LogP contribution >= 0.6 is 0 Å². The van der Waals surface area contributed by atoms with E-state index in [1.807, 2.05) is 0 Å². The molecule has 110 valence electrons. The molecule has 0 spiro atoms. The van der Waals surface area contributed by atoms with Gasteiger partial charge < -0.3 is 5.32 Å². The molecular weight excluding hydrogens is 232 g/mol. The molecule has 0 amide bonds. The van der Waals surface area contributed by atoms with E-state index in [9.17, 15) is 0 Å². The summed E-state index contributed by atoms with van der Waals surface area (Å²) in [5.41, 5.74) is 0.487. The largest absolute Gasteiger partial charge is 0.312 e. The van der Waals surface area contributed by atoms with Crippen molar-refractivity contribution in [2.24, 2.45) is 11.3 Å². The number of nitrogens with zero attached hydrogens (tertiary/aromatic N) is 1. The molecule has 1 N–H and O–H groups in total. The maximum Gasteiger partial charge on any atom is 0.0246 e. The molecule has 0 bridgehead atoms. The quantitative estimate of drug-likeness (QED) is 0.840. The second-order valence-corrected chi connectivity index (χ2v) is 7.85. The molecule has 3 fully saturated rings. The number of piperidine rings is 1. The molecule has 0 aromatic heterocycles. The Morgan fingerprint density at radius 1 is 1.05 bits per heavy atom. The Kier molecular flexibility index (Phi) is 4.19. The van der Waals surface area contributed by atoms with Crippen molar-refractivity contribution in [1.82, 2.24) is 10.2 Å². The number of hydrogen-bond acceptors (Lipinski definition) is 2. The summed E-state index contributed by atoms with van der Waals surface area (Å²) in [4.78, 5) is 2.85. The van der Waals surface area contributed by atoms with E-state index in [1.165, 1.54) is 71.0 Å². The average Bonchev–Trinajstić information content (AvgIpc) is 3.01. The minimum atomic E-state index is 0.487. The van der Waals surface area contributed by atoms with Gasteiger partial charge in [0.15, 0.2) is 0 Å². The van der Waals surface area contributed by atoms with Gasteiger partial charge in [-0.1, -0.05) is 26.7 Å². The van der Waals surface area contributed by atoms with E-state index in [2.05, 4.69) is 24.1 Å². The van der Waals surface area contributed by atoms with Crippen molar-refractivity contribution in [3.8, 4) is 0 Å². The second-order valence-electron chi connectivity index (χ2n) is 7.85. The Bertz CT molecular complexity index is 294. The molecule has 0 aromatic rings. The first kappa shape index (κ1) is 13.9. The topological polar surface area (TPSA) is 15.3 Å². The van der Waals surface area contributed by atoms with Gasteiger partial charge in [-0.3, -0.25) is 4.90 Å². The van der Waals surface area contributed by atoms with Crippen LogP contribution in [0.1, 0.15) is 65.2 Å². The van der Waals surface area contributed by atoms with Gasteiger partial charge in [0.25, 0.3) is 0 Å². The van der Waals surface area contributed by atoms with Crippen LogP contribution in [0.5, 0.6) is 0 Å². The van der Waals surface area contributed by atoms with Gasteiger partial charge in [0.2, 0.25) is 0 Å². The zero-order valence-electron chi connectivity index (χ0n) is 13.0. The van der Waals surface area contributed by atoms with Gasteiger partial charge in [0.05, 0.1) is 0 Å². The Labute approximate surface area is 119 Å². The SMILES string of the molecule is CC1(C)CCCNC1CN1CCCC1C1CCCC1. The summed E-state index contributed by atoms with van der Waals surface area (Å²) < 4.78 is 0. The molecule has 19 heavy (non-hydrogen) atoms. The van der Waals surface area contributed by atoms with Crippen LogP contribution in [0.4, 0.5) is 0 Å². The Morgan fingerprint density at radius 3 is 2.58 bits per heavy atom. The Hall–Kier alpha value is -0.0800. The minimum Gasteiger partial charge on any atom is -0.312 e. The number of rotatable bonds is 3. The van der Waals surface area contributed by atoms with Crippen LogP contribution in [0, 0.1) is 11.3 Å². The molecule has 0 aromatic carbocycles. The van der Waals surface area contributed by atoms with E-state index >= 15 is 0 Å². The van der Waals surface area contributed by atoms with Crippen LogP contribution in [0.15, 0.2) is 0 Å². The molecule has 2 aliphatic heterocycles. The van der Waals surface area contributed by atoms with Gasteiger partial charge in [-0.15, -0.1) is 0 Å². The molecule has 1 saturated carbocycles. The third-order valence-electron chi connectivity index (χ3n) is 6.11. The minimum absolute atomic E-state index is 0.487. The smallest absolute Gasteiger partial charge is 0.0246 e. The lowest BCUT2D eigenvalue weighted by molar-refractivity contribution is 0.103. The average molecular weight is 264 g/mol. The monoisotopic (exact) mass is 264 g/mol. The summed E-state index contributed by atoms with van der Waals surface area (Å²) in [6.07, 6.45) is 11.6. The number of likely N-dealkylation sites (tertiary alicyclic amines) is 1. The van der Waals surface area contributed by atoms with Crippen molar-refractivity contribution in [2.75, 3.05) is 19.6 Å². The van der Waals surface area contributed by atoms with E-state index in [0.29, 0.717) is 11.5 Å². The van der Waals surface area contributed by atoms with Crippen LogP contribution in [0.2, 0.25) is 0 Å². The highest BCUT2D eigenvalue weighted by Gasteiger charge is 2.38. The van der Waals surface area contributed by atoms with Crippen molar-refractivity contribution >= 4 is 0 Å². The predicted octanol–water partition coefficient (Wildman–Crippen LogP) is 3.42. The maximum atomic E-state index is 3.81. The summed E-state index contributed by atoms with van der Waals surface area (Å²) in [7, 11) is 0. The first-order chi connectivity index (χ1) is 9.17. The molecule has 2 unspecified atom stereocenters. The van der Waals surface area contributed by atoms with Gasteiger partial charge in [0.1, 0.15) is 0 Å². The second kappa shape index (κ2) is 5.73. The Morgan fingerprint density at radius 2 is 1.84 bits per heavy atom. The number of hydrogen-bond donors (Lipinski definition) is 1. The fourth-order valence-electron chi connectivity index (χ4n) is 4.77. The van der Waals surface area contributed by atoms with Gasteiger partial charge >= 0.3 is 0 Å². The molecule has 2 nitrogen and oxygen atoms in total. The van der Waals surface area contributed by atoms with Crippen LogP contribution in [0.25, 0.3) is 0 Å². The molecule has 3 aliphatic rings. The third-order valence-corrected chi connectivity index (χ3v) is 6.11. The van der Waals surface area contributed by atoms with Crippen LogP contribution in [-0.4, -0.2) is 36.6 Å². The van der Waals surface area contributed by atoms with E-state index in [1.54, 1.807) is 0 Å². The molecule has 1 aliphatic carbocycles. The summed E-state index contributed by atoms with van der Waals surface area (Å²) in [6.45, 7) is 8.81. The van der Waals surface area contributed by atoms with Gasteiger partial charge in [-0.05, 0) is 62.9 Å². The van der Waals surface area contributed by atoms with Crippen molar-refractivity contribution < 1.29 is 0 Å². The zero-order valence-corrected chi connectivity index (χ0v) is 13.0. The van der Waals surface area contributed by atoms with E-state index in [4.69, 9.17) is 0 Å². The first-order valence-corrected chi connectivity index (χ1v) is 8.64. The van der Waals surface area contributed by atoms with Crippen molar-refractivity contribution in [2.45, 2.75) is 77.3 Å². The lowest BCUT2D eigenvalue weighted by Crippen LogP contribution is -2.54. The van der Waals surface area contributed by atoms with Crippen molar-refractivity contribution in [3.05, 3.63) is 0 Å². The van der Waals surface area contributed by atoms with Gasteiger partial charge in [0, 0.05) is 18.6 Å². The summed E-state index contributed by atoms with van der Waals surface area (Å²) in [5.74, 6) is 1.02. The van der Waals surface area contributed by atoms with Gasteiger partial charge in [-0.2, -0.15) is 0 Å². The fourth-order valence-corrected chi connectivity index (χ4v) is 4.77. The Balaban J connectivity index is 1.61. The van der Waals surface area contributed by atoms with Crippen LogP contribution in [0.3, 0.4) is 0 Å². The molecular formula is C17H32N2. The lowest BCUT2D eigenvalue weighted by Gasteiger charge is -2.43. The summed E-state index contributed by atoms with van der Waals surface area (Å²) in [5, 5.41) is 3.81. The molecule has 2 saturated heterocycles. The molecule has 2 heteroatoms. The van der Waals surface area contributed by atoms with Crippen molar-refractivity contribution in [1.29, 1.82) is 0 Å². The highest BCUT2D eigenvalue weighted by atomic mass is 15.2. The third kappa shape index (κ3) is 3.00. The van der Waals surface area contributed by atoms with Crippen LogP contribution < -0.4 is 5.32 Å². The number of nitrogens with one attached hydrogen (secondary N) is 1. The van der Waals surface area contributed by atoms with Crippen molar-refractivity contribution in [3.63, 3.8) is 0 Å². The zero-order chi connectivity index (χ0) is 13.3. The highest BCUT2D eigenvalue weighted by molar-refractivity contribution is 4.94. The van der Waals surface area contributed by atoms with Gasteiger partial charge in [-0.25, -0.2) is 0 Å². The van der Waals surface area contributed by atoms with E-state index < -0.39 is 0 Å². The van der Waals surface area contributed by atoms with E-state index in [0.717, 1.165) is 12.0 Å². The molecule has 3 rings (SSSR count). The van der Waals surface area contributed by atoms with E-state index in [-0.39, 0.29) is 0 Å². The molecule has 2 heterocycles. The normalized spacial score (nSPS) is 36.9.